The normalized spacial score (nSPS) is 12.1. The fourth-order valence-electron chi connectivity index (χ4n) is 1.01. The molecular formula is C9H12IN3O. The summed E-state index contributed by atoms with van der Waals surface area (Å²) in [5.74, 6) is -0.00493. The van der Waals surface area contributed by atoms with E-state index >= 15 is 0 Å². The third-order valence-corrected chi connectivity index (χ3v) is 2.35. The van der Waals surface area contributed by atoms with Gasteiger partial charge in [-0.25, -0.2) is 0 Å². The highest BCUT2D eigenvalue weighted by molar-refractivity contribution is 14.1. The van der Waals surface area contributed by atoms with Gasteiger partial charge in [-0.1, -0.05) is 12.1 Å². The van der Waals surface area contributed by atoms with Crippen molar-refractivity contribution in [3.05, 3.63) is 33.4 Å². The molecule has 0 aliphatic carbocycles. The number of nitrogens with zero attached hydrogens (tertiary/aromatic N) is 1. The molecular weight excluding hydrogens is 293 g/mol. The Morgan fingerprint density at radius 3 is 2.79 bits per heavy atom. The molecule has 0 aliphatic rings. The zero-order valence-corrected chi connectivity index (χ0v) is 9.68. The summed E-state index contributed by atoms with van der Waals surface area (Å²) in [4.78, 5) is 3.75. The summed E-state index contributed by atoms with van der Waals surface area (Å²) in [6, 6.07) is 7.58. The summed E-state index contributed by atoms with van der Waals surface area (Å²) < 4.78 is 1.07. The van der Waals surface area contributed by atoms with E-state index in [9.17, 15) is 5.11 Å². The van der Waals surface area contributed by atoms with Gasteiger partial charge >= 0.3 is 0 Å². The highest BCUT2D eigenvalue weighted by Crippen LogP contribution is 2.15. The summed E-state index contributed by atoms with van der Waals surface area (Å²) >= 11 is 2.18. The number of hydrogen-bond acceptors (Lipinski definition) is 2. The quantitative estimate of drug-likeness (QED) is 0.434. The molecule has 0 saturated carbocycles. The first-order chi connectivity index (χ1) is 6.59. The van der Waals surface area contributed by atoms with Crippen molar-refractivity contribution in [3.63, 3.8) is 0 Å². The predicted molar refractivity (Wildman–Crippen MR) is 64.8 cm³/mol. The topological polar surface area (TPSA) is 84.6 Å². The van der Waals surface area contributed by atoms with Crippen molar-refractivity contribution in [3.8, 4) is 0 Å². The molecule has 76 valence electrons. The number of benzene rings is 1. The van der Waals surface area contributed by atoms with E-state index < -0.39 is 6.10 Å². The average Bonchev–Trinajstić information content (AvgIpc) is 2.14. The summed E-state index contributed by atoms with van der Waals surface area (Å²) in [6.45, 7) is 0.197. The van der Waals surface area contributed by atoms with Crippen molar-refractivity contribution < 1.29 is 5.11 Å². The Hall–Kier alpha value is -0.820. The number of guanidine groups is 1. The van der Waals surface area contributed by atoms with E-state index in [2.05, 4.69) is 27.6 Å². The van der Waals surface area contributed by atoms with Gasteiger partial charge in [0.2, 0.25) is 0 Å². The van der Waals surface area contributed by atoms with Gasteiger partial charge in [0.1, 0.15) is 0 Å². The molecule has 0 saturated heterocycles. The van der Waals surface area contributed by atoms with E-state index in [1.807, 2.05) is 24.3 Å². The maximum Gasteiger partial charge on any atom is 0.186 e. The molecule has 0 aromatic heterocycles. The van der Waals surface area contributed by atoms with Crippen LogP contribution in [0.15, 0.2) is 29.3 Å². The number of halogens is 1. The fraction of sp³-hybridized carbons (Fsp3) is 0.222. The number of nitrogens with two attached hydrogens (primary N) is 2. The smallest absolute Gasteiger partial charge is 0.186 e. The van der Waals surface area contributed by atoms with Gasteiger partial charge in [0.25, 0.3) is 0 Å². The van der Waals surface area contributed by atoms with E-state index in [1.54, 1.807) is 0 Å². The Labute approximate surface area is 96.2 Å². The molecule has 1 atom stereocenters. The van der Waals surface area contributed by atoms with Gasteiger partial charge in [0, 0.05) is 3.57 Å². The summed E-state index contributed by atoms with van der Waals surface area (Å²) in [5, 5.41) is 9.67. The minimum Gasteiger partial charge on any atom is -0.386 e. The zero-order valence-electron chi connectivity index (χ0n) is 7.52. The molecule has 1 rings (SSSR count). The van der Waals surface area contributed by atoms with Crippen LogP contribution < -0.4 is 11.5 Å². The van der Waals surface area contributed by atoms with E-state index in [1.165, 1.54) is 0 Å². The molecule has 0 unspecified atom stereocenters. The van der Waals surface area contributed by atoms with Gasteiger partial charge < -0.3 is 16.6 Å². The summed E-state index contributed by atoms with van der Waals surface area (Å²) in [6.07, 6.45) is -0.646. The molecule has 0 amide bonds. The van der Waals surface area contributed by atoms with Crippen LogP contribution in [0.2, 0.25) is 0 Å². The molecule has 5 N–H and O–H groups in total. The molecule has 14 heavy (non-hydrogen) atoms. The van der Waals surface area contributed by atoms with Gasteiger partial charge in [0.15, 0.2) is 5.96 Å². The Kier molecular flexibility index (Phi) is 4.15. The van der Waals surface area contributed by atoms with E-state index in [0.717, 1.165) is 9.13 Å². The zero-order chi connectivity index (χ0) is 10.6. The molecule has 0 heterocycles. The lowest BCUT2D eigenvalue weighted by atomic mass is 10.1. The largest absolute Gasteiger partial charge is 0.386 e. The first-order valence-electron chi connectivity index (χ1n) is 4.08. The molecule has 5 heteroatoms. The highest BCUT2D eigenvalue weighted by atomic mass is 127. The fourth-order valence-corrected chi connectivity index (χ4v) is 1.58. The van der Waals surface area contributed by atoms with Crippen molar-refractivity contribution in [2.24, 2.45) is 16.5 Å². The number of hydrogen-bond donors (Lipinski definition) is 3. The summed E-state index contributed by atoms with van der Waals surface area (Å²) in [5.41, 5.74) is 11.1. The van der Waals surface area contributed by atoms with Crippen LogP contribution in [-0.4, -0.2) is 17.6 Å². The number of aliphatic hydroxyl groups excluding tert-OH is 1. The van der Waals surface area contributed by atoms with Crippen LogP contribution in [0.1, 0.15) is 11.7 Å². The lowest BCUT2D eigenvalue weighted by molar-refractivity contribution is 0.187. The molecule has 0 bridgehead atoms. The Bertz CT molecular complexity index is 337. The Balaban J connectivity index is 2.69. The molecule has 0 aliphatic heterocycles. The Morgan fingerprint density at radius 1 is 1.50 bits per heavy atom. The second-order valence-corrected chi connectivity index (χ2v) is 4.08. The maximum atomic E-state index is 9.67. The van der Waals surface area contributed by atoms with Crippen molar-refractivity contribution in [2.75, 3.05) is 6.54 Å². The maximum absolute atomic E-state index is 9.67. The van der Waals surface area contributed by atoms with Crippen LogP contribution in [0.3, 0.4) is 0 Å². The minimum atomic E-state index is -0.646. The second kappa shape index (κ2) is 5.16. The van der Waals surface area contributed by atoms with E-state index in [-0.39, 0.29) is 12.5 Å². The van der Waals surface area contributed by atoms with Crippen LogP contribution in [0.5, 0.6) is 0 Å². The molecule has 1 aromatic rings. The molecule has 4 nitrogen and oxygen atoms in total. The van der Waals surface area contributed by atoms with Crippen LogP contribution in [0.25, 0.3) is 0 Å². The number of rotatable bonds is 3. The van der Waals surface area contributed by atoms with E-state index in [0.29, 0.717) is 0 Å². The van der Waals surface area contributed by atoms with Crippen molar-refractivity contribution in [1.82, 2.24) is 0 Å². The lowest BCUT2D eigenvalue weighted by Gasteiger charge is -2.08. The monoisotopic (exact) mass is 305 g/mol. The minimum absolute atomic E-state index is 0.00493. The van der Waals surface area contributed by atoms with Gasteiger partial charge in [-0.15, -0.1) is 0 Å². The van der Waals surface area contributed by atoms with E-state index in [4.69, 9.17) is 11.5 Å². The van der Waals surface area contributed by atoms with Crippen LogP contribution in [0.4, 0.5) is 0 Å². The first kappa shape index (κ1) is 11.3. The van der Waals surface area contributed by atoms with Crippen molar-refractivity contribution in [1.29, 1.82) is 0 Å². The highest BCUT2D eigenvalue weighted by Gasteiger charge is 2.06. The second-order valence-electron chi connectivity index (χ2n) is 2.84. The molecule has 0 spiro atoms. The van der Waals surface area contributed by atoms with Crippen molar-refractivity contribution >= 4 is 28.6 Å². The number of aliphatic imine (C=N–C) groups is 1. The number of aliphatic hydroxyl groups is 1. The molecule has 1 aromatic carbocycles. The average molecular weight is 305 g/mol. The lowest BCUT2D eigenvalue weighted by Crippen LogP contribution is -2.23. The van der Waals surface area contributed by atoms with Crippen LogP contribution >= 0.6 is 22.6 Å². The standard InChI is InChI=1S/C9H12IN3O/c10-7-3-1-2-6(4-7)8(14)5-13-9(11)12/h1-4,8,14H,5H2,(H4,11,12,13)/t8-/m0/s1. The third-order valence-electron chi connectivity index (χ3n) is 1.68. The third kappa shape index (κ3) is 3.51. The first-order valence-corrected chi connectivity index (χ1v) is 5.16. The Morgan fingerprint density at radius 2 is 2.21 bits per heavy atom. The SMILES string of the molecule is NC(N)=NC[C@H](O)c1cccc(I)c1. The predicted octanol–water partition coefficient (Wildman–Crippen LogP) is 0.598. The van der Waals surface area contributed by atoms with Gasteiger partial charge in [-0.05, 0) is 40.3 Å². The van der Waals surface area contributed by atoms with Gasteiger partial charge in [-0.2, -0.15) is 0 Å². The van der Waals surface area contributed by atoms with Crippen LogP contribution in [-0.2, 0) is 0 Å². The molecule has 0 fully saturated rings. The molecule has 0 radical (unpaired) electrons. The van der Waals surface area contributed by atoms with Crippen molar-refractivity contribution in [2.45, 2.75) is 6.10 Å². The van der Waals surface area contributed by atoms with Gasteiger partial charge in [-0.3, -0.25) is 4.99 Å². The summed E-state index contributed by atoms with van der Waals surface area (Å²) in [7, 11) is 0. The van der Waals surface area contributed by atoms with Gasteiger partial charge in [0.05, 0.1) is 12.6 Å². The van der Waals surface area contributed by atoms with Crippen LogP contribution in [0, 0.1) is 3.57 Å².